The number of hydrogen-bond acceptors (Lipinski definition) is 5. The zero-order valence-electron chi connectivity index (χ0n) is 17.7. The number of carbonyl (C=O) groups excluding carboxylic acids is 1. The van der Waals surface area contributed by atoms with Crippen LogP contribution in [0.5, 0.6) is 5.75 Å². The van der Waals surface area contributed by atoms with Gasteiger partial charge in [-0.25, -0.2) is 8.42 Å². The smallest absolute Gasteiger partial charge is 0.243 e. The van der Waals surface area contributed by atoms with E-state index in [1.807, 2.05) is 19.1 Å². The third-order valence-electron chi connectivity index (χ3n) is 5.65. The molecule has 2 aromatic carbocycles. The van der Waals surface area contributed by atoms with Gasteiger partial charge in [-0.3, -0.25) is 4.79 Å². The molecule has 8 heteroatoms. The predicted octanol–water partition coefficient (Wildman–Crippen LogP) is 4.11. The molecule has 1 amide bonds. The van der Waals surface area contributed by atoms with Gasteiger partial charge in [0.2, 0.25) is 15.9 Å². The number of furan rings is 1. The zero-order valence-corrected chi connectivity index (χ0v) is 18.5. The normalized spacial score (nSPS) is 15.2. The molecule has 0 saturated carbocycles. The molecule has 164 valence electrons. The van der Waals surface area contributed by atoms with Crippen molar-refractivity contribution in [2.75, 3.05) is 25.5 Å². The number of anilines is 1. The summed E-state index contributed by atoms with van der Waals surface area (Å²) in [5, 5.41) is 3.70. The predicted molar refractivity (Wildman–Crippen MR) is 119 cm³/mol. The SMILES string of the molecule is COc1ccc2c(CC(=O)Nc3cc(S(=O)(=O)N4CCCCC4)ccc3C)coc2c1. The molecule has 1 N–H and O–H groups in total. The minimum atomic E-state index is -3.57. The number of hydrogen-bond donors (Lipinski definition) is 1. The quantitative estimate of drug-likeness (QED) is 0.621. The Morgan fingerprint density at radius 1 is 1.13 bits per heavy atom. The minimum absolute atomic E-state index is 0.113. The first kappa shape index (κ1) is 21.4. The number of piperidine rings is 1. The second-order valence-electron chi connectivity index (χ2n) is 7.79. The van der Waals surface area contributed by atoms with Crippen LogP contribution in [0.2, 0.25) is 0 Å². The van der Waals surface area contributed by atoms with Crippen LogP contribution in [0.4, 0.5) is 5.69 Å². The Balaban J connectivity index is 1.52. The monoisotopic (exact) mass is 442 g/mol. The van der Waals surface area contributed by atoms with E-state index >= 15 is 0 Å². The number of amides is 1. The van der Waals surface area contributed by atoms with Crippen LogP contribution < -0.4 is 10.1 Å². The number of nitrogens with one attached hydrogen (secondary N) is 1. The fourth-order valence-corrected chi connectivity index (χ4v) is 5.39. The first-order chi connectivity index (χ1) is 14.9. The van der Waals surface area contributed by atoms with Crippen molar-refractivity contribution in [3.8, 4) is 5.75 Å². The molecule has 0 radical (unpaired) electrons. The molecule has 3 aromatic rings. The van der Waals surface area contributed by atoms with E-state index in [2.05, 4.69) is 5.32 Å². The number of benzene rings is 2. The Morgan fingerprint density at radius 3 is 2.65 bits per heavy atom. The number of aryl methyl sites for hydroxylation is 1. The van der Waals surface area contributed by atoms with Crippen molar-refractivity contribution in [1.82, 2.24) is 4.31 Å². The van der Waals surface area contributed by atoms with E-state index < -0.39 is 10.0 Å². The van der Waals surface area contributed by atoms with Gasteiger partial charge in [0.15, 0.2) is 0 Å². The number of rotatable bonds is 6. The van der Waals surface area contributed by atoms with Crippen molar-refractivity contribution in [2.24, 2.45) is 0 Å². The summed E-state index contributed by atoms with van der Waals surface area (Å²) in [5.74, 6) is 0.439. The summed E-state index contributed by atoms with van der Waals surface area (Å²) in [6.07, 6.45) is 4.48. The molecule has 1 aliphatic heterocycles. The summed E-state index contributed by atoms with van der Waals surface area (Å²) < 4.78 is 38.2. The highest BCUT2D eigenvalue weighted by Crippen LogP contribution is 2.28. The largest absolute Gasteiger partial charge is 0.497 e. The first-order valence-corrected chi connectivity index (χ1v) is 11.8. The molecule has 0 atom stereocenters. The molecule has 1 saturated heterocycles. The van der Waals surface area contributed by atoms with Crippen molar-refractivity contribution in [1.29, 1.82) is 0 Å². The Kier molecular flexibility index (Phi) is 6.02. The molecule has 1 fully saturated rings. The van der Waals surface area contributed by atoms with Gasteiger partial charge in [0.05, 0.1) is 24.7 Å². The van der Waals surface area contributed by atoms with Gasteiger partial charge in [-0.1, -0.05) is 12.5 Å². The maximum absolute atomic E-state index is 13.0. The highest BCUT2D eigenvalue weighted by Gasteiger charge is 2.26. The van der Waals surface area contributed by atoms with E-state index in [0.29, 0.717) is 30.1 Å². The number of carbonyl (C=O) groups is 1. The van der Waals surface area contributed by atoms with Crippen molar-refractivity contribution in [3.63, 3.8) is 0 Å². The summed E-state index contributed by atoms with van der Waals surface area (Å²) in [6.45, 7) is 2.92. The summed E-state index contributed by atoms with van der Waals surface area (Å²) in [7, 11) is -1.98. The molecule has 0 spiro atoms. The molecule has 1 aliphatic rings. The van der Waals surface area contributed by atoms with Crippen LogP contribution in [-0.4, -0.2) is 38.8 Å². The summed E-state index contributed by atoms with van der Waals surface area (Å²) in [5.41, 5.74) is 2.70. The molecule has 0 bridgehead atoms. The van der Waals surface area contributed by atoms with Gasteiger partial charge in [0, 0.05) is 35.8 Å². The second-order valence-corrected chi connectivity index (χ2v) is 9.73. The van der Waals surface area contributed by atoms with E-state index in [-0.39, 0.29) is 17.2 Å². The lowest BCUT2D eigenvalue weighted by Gasteiger charge is -2.26. The van der Waals surface area contributed by atoms with Crippen LogP contribution in [0.25, 0.3) is 11.0 Å². The van der Waals surface area contributed by atoms with Crippen LogP contribution in [0.1, 0.15) is 30.4 Å². The van der Waals surface area contributed by atoms with Gasteiger partial charge >= 0.3 is 0 Å². The molecule has 4 rings (SSSR count). The van der Waals surface area contributed by atoms with Crippen molar-refractivity contribution in [3.05, 3.63) is 53.8 Å². The molecule has 31 heavy (non-hydrogen) atoms. The van der Waals surface area contributed by atoms with Gasteiger partial charge in [0.1, 0.15) is 11.3 Å². The fourth-order valence-electron chi connectivity index (χ4n) is 3.85. The average Bonchev–Trinajstić information content (AvgIpc) is 3.17. The lowest BCUT2D eigenvalue weighted by molar-refractivity contribution is -0.115. The summed E-state index contributed by atoms with van der Waals surface area (Å²) in [4.78, 5) is 12.9. The van der Waals surface area contributed by atoms with Crippen molar-refractivity contribution in [2.45, 2.75) is 37.5 Å². The Bertz CT molecular complexity index is 1210. The Hall–Kier alpha value is -2.84. The maximum atomic E-state index is 13.0. The number of methoxy groups -OCH3 is 1. The van der Waals surface area contributed by atoms with Crippen LogP contribution in [0.3, 0.4) is 0 Å². The topological polar surface area (TPSA) is 88.8 Å². The van der Waals surface area contributed by atoms with Gasteiger partial charge in [0.25, 0.3) is 0 Å². The number of nitrogens with zero attached hydrogens (tertiary/aromatic N) is 1. The fraction of sp³-hybridized carbons (Fsp3) is 0.348. The standard InChI is InChI=1S/C23H26N2O5S/c1-16-6-8-19(31(27,28)25-10-4-3-5-11-25)14-21(16)24-23(26)12-17-15-30-22-13-18(29-2)7-9-20(17)22/h6-9,13-15H,3-5,10-12H2,1-2H3,(H,24,26). The first-order valence-electron chi connectivity index (χ1n) is 10.3. The van der Waals surface area contributed by atoms with E-state index in [1.165, 1.54) is 4.31 Å². The van der Waals surface area contributed by atoms with Crippen LogP contribution >= 0.6 is 0 Å². The van der Waals surface area contributed by atoms with Crippen LogP contribution in [-0.2, 0) is 21.2 Å². The third kappa shape index (κ3) is 4.45. The number of ether oxygens (including phenoxy) is 1. The van der Waals surface area contributed by atoms with Gasteiger partial charge in [-0.2, -0.15) is 4.31 Å². The Morgan fingerprint density at radius 2 is 1.90 bits per heavy atom. The number of fused-ring (bicyclic) bond motifs is 1. The average molecular weight is 443 g/mol. The van der Waals surface area contributed by atoms with E-state index in [4.69, 9.17) is 9.15 Å². The second kappa shape index (κ2) is 8.72. The van der Waals surface area contributed by atoms with Crippen LogP contribution in [0, 0.1) is 6.92 Å². The molecular formula is C23H26N2O5S. The zero-order chi connectivity index (χ0) is 22.0. The third-order valence-corrected chi connectivity index (χ3v) is 7.54. The molecular weight excluding hydrogens is 416 g/mol. The van der Waals surface area contributed by atoms with Gasteiger partial charge in [-0.15, -0.1) is 0 Å². The van der Waals surface area contributed by atoms with E-state index in [9.17, 15) is 13.2 Å². The lowest BCUT2D eigenvalue weighted by Crippen LogP contribution is -2.35. The van der Waals surface area contributed by atoms with Crippen LogP contribution in [0.15, 0.2) is 52.0 Å². The van der Waals surface area contributed by atoms with Crippen molar-refractivity contribution < 1.29 is 22.4 Å². The number of sulfonamides is 1. The van der Waals surface area contributed by atoms with Gasteiger partial charge < -0.3 is 14.5 Å². The highest BCUT2D eigenvalue weighted by atomic mass is 32.2. The van der Waals surface area contributed by atoms with E-state index in [1.54, 1.807) is 37.6 Å². The lowest BCUT2D eigenvalue weighted by atomic mass is 10.1. The molecule has 7 nitrogen and oxygen atoms in total. The molecule has 2 heterocycles. The molecule has 1 aromatic heterocycles. The molecule has 0 aliphatic carbocycles. The molecule has 0 unspecified atom stereocenters. The summed E-state index contributed by atoms with van der Waals surface area (Å²) in [6, 6.07) is 10.3. The minimum Gasteiger partial charge on any atom is -0.497 e. The summed E-state index contributed by atoms with van der Waals surface area (Å²) >= 11 is 0. The van der Waals surface area contributed by atoms with Gasteiger partial charge in [-0.05, 0) is 49.6 Å². The highest BCUT2D eigenvalue weighted by molar-refractivity contribution is 7.89. The van der Waals surface area contributed by atoms with Crippen molar-refractivity contribution >= 4 is 32.6 Å². The Labute approximate surface area is 182 Å². The van der Waals surface area contributed by atoms with E-state index in [0.717, 1.165) is 35.8 Å². The maximum Gasteiger partial charge on any atom is 0.243 e.